The first-order valence-electron chi connectivity index (χ1n) is 6.21. The molecule has 94 valence electrons. The molecule has 1 N–H and O–H groups in total. The van der Waals surface area contributed by atoms with Gasteiger partial charge in [0.25, 0.3) is 0 Å². The van der Waals surface area contributed by atoms with Crippen molar-refractivity contribution in [3.8, 4) is 0 Å². The highest BCUT2D eigenvalue weighted by Crippen LogP contribution is 2.27. The molecule has 0 aliphatic heterocycles. The van der Waals surface area contributed by atoms with Crippen molar-refractivity contribution < 1.29 is 5.11 Å². The minimum atomic E-state index is -0.274. The zero-order chi connectivity index (χ0) is 13.0. The number of aliphatic hydroxyl groups is 1. The van der Waals surface area contributed by atoms with Crippen molar-refractivity contribution in [1.29, 1.82) is 0 Å². The molecule has 0 saturated carbocycles. The van der Waals surface area contributed by atoms with Crippen LogP contribution in [0.3, 0.4) is 0 Å². The summed E-state index contributed by atoms with van der Waals surface area (Å²) in [5.74, 6) is 0. The Morgan fingerprint density at radius 2 is 1.89 bits per heavy atom. The lowest BCUT2D eigenvalue weighted by atomic mass is 9.78. The van der Waals surface area contributed by atoms with Gasteiger partial charge in [0.05, 0.1) is 6.61 Å². The summed E-state index contributed by atoms with van der Waals surface area (Å²) < 4.78 is 0. The Balaban J connectivity index is 2.26. The average Bonchev–Trinajstić information content (AvgIpc) is 2.42. The molecular formula is C16H19NO. The molecule has 0 spiro atoms. The molecule has 1 aromatic heterocycles. The summed E-state index contributed by atoms with van der Waals surface area (Å²) in [5, 5.41) is 9.73. The van der Waals surface area contributed by atoms with E-state index in [-0.39, 0.29) is 12.0 Å². The van der Waals surface area contributed by atoms with E-state index in [1.165, 1.54) is 11.1 Å². The van der Waals surface area contributed by atoms with Gasteiger partial charge in [-0.15, -0.1) is 0 Å². The van der Waals surface area contributed by atoms with Crippen LogP contribution in [-0.4, -0.2) is 16.7 Å². The first kappa shape index (κ1) is 12.8. The van der Waals surface area contributed by atoms with E-state index >= 15 is 0 Å². The Labute approximate surface area is 108 Å². The van der Waals surface area contributed by atoms with Gasteiger partial charge in [-0.3, -0.25) is 4.98 Å². The maximum atomic E-state index is 9.73. The number of rotatable bonds is 4. The van der Waals surface area contributed by atoms with E-state index < -0.39 is 0 Å². The van der Waals surface area contributed by atoms with Gasteiger partial charge in [-0.1, -0.05) is 42.8 Å². The van der Waals surface area contributed by atoms with Crippen LogP contribution >= 0.6 is 0 Å². The second-order valence-electron chi connectivity index (χ2n) is 5.12. The zero-order valence-corrected chi connectivity index (χ0v) is 10.9. The van der Waals surface area contributed by atoms with Gasteiger partial charge in [0.1, 0.15) is 0 Å². The van der Waals surface area contributed by atoms with Crippen molar-refractivity contribution in [2.24, 2.45) is 0 Å². The number of hydrogen-bond acceptors (Lipinski definition) is 2. The molecule has 2 aromatic rings. The summed E-state index contributed by atoms with van der Waals surface area (Å²) in [6, 6.07) is 12.4. The van der Waals surface area contributed by atoms with Crippen LogP contribution in [0, 0.1) is 6.92 Å². The Kier molecular flexibility index (Phi) is 3.78. The van der Waals surface area contributed by atoms with Gasteiger partial charge in [0.2, 0.25) is 0 Å². The van der Waals surface area contributed by atoms with Crippen molar-refractivity contribution in [3.05, 3.63) is 65.5 Å². The predicted octanol–water partition coefficient (Wildman–Crippen LogP) is 2.88. The van der Waals surface area contributed by atoms with Crippen molar-refractivity contribution in [1.82, 2.24) is 4.98 Å². The van der Waals surface area contributed by atoms with E-state index in [0.717, 1.165) is 12.0 Å². The molecule has 0 aliphatic carbocycles. The molecule has 0 fully saturated rings. The molecule has 1 heterocycles. The molecule has 2 heteroatoms. The van der Waals surface area contributed by atoms with Crippen LogP contribution in [0.25, 0.3) is 0 Å². The molecule has 0 radical (unpaired) electrons. The fourth-order valence-electron chi connectivity index (χ4n) is 2.13. The van der Waals surface area contributed by atoms with E-state index in [1.54, 1.807) is 6.20 Å². The standard InChI is InChI=1S/C16H19NO/c1-13-5-7-14(8-6-13)10-16(2,12-18)15-4-3-9-17-11-15/h3-9,11,18H,10,12H2,1-2H3. The van der Waals surface area contributed by atoms with Gasteiger partial charge >= 0.3 is 0 Å². The molecular weight excluding hydrogens is 222 g/mol. The van der Waals surface area contributed by atoms with Crippen molar-refractivity contribution in [2.45, 2.75) is 25.7 Å². The summed E-state index contributed by atoms with van der Waals surface area (Å²) in [4.78, 5) is 4.14. The number of aliphatic hydroxyl groups excluding tert-OH is 1. The first-order valence-corrected chi connectivity index (χ1v) is 6.21. The highest BCUT2D eigenvalue weighted by molar-refractivity contribution is 5.28. The van der Waals surface area contributed by atoms with E-state index in [9.17, 15) is 5.11 Å². The third kappa shape index (κ3) is 2.77. The van der Waals surface area contributed by atoms with Crippen LogP contribution in [0.5, 0.6) is 0 Å². The molecule has 0 amide bonds. The van der Waals surface area contributed by atoms with E-state index in [0.29, 0.717) is 0 Å². The van der Waals surface area contributed by atoms with Gasteiger partial charge < -0.3 is 5.11 Å². The van der Waals surface area contributed by atoms with Gasteiger partial charge in [0, 0.05) is 17.8 Å². The Morgan fingerprint density at radius 1 is 1.17 bits per heavy atom. The second kappa shape index (κ2) is 5.32. The zero-order valence-electron chi connectivity index (χ0n) is 10.9. The monoisotopic (exact) mass is 241 g/mol. The Hall–Kier alpha value is -1.67. The van der Waals surface area contributed by atoms with Crippen molar-refractivity contribution >= 4 is 0 Å². The fourth-order valence-corrected chi connectivity index (χ4v) is 2.13. The molecule has 1 atom stereocenters. The summed E-state index contributed by atoms with van der Waals surface area (Å²) in [6.45, 7) is 4.27. The topological polar surface area (TPSA) is 33.1 Å². The van der Waals surface area contributed by atoms with Crippen molar-refractivity contribution in [2.75, 3.05) is 6.61 Å². The van der Waals surface area contributed by atoms with Gasteiger partial charge in [-0.2, -0.15) is 0 Å². The van der Waals surface area contributed by atoms with E-state index in [2.05, 4.69) is 43.1 Å². The fraction of sp³-hybridized carbons (Fsp3) is 0.312. The average molecular weight is 241 g/mol. The maximum absolute atomic E-state index is 9.73. The molecule has 0 bridgehead atoms. The highest BCUT2D eigenvalue weighted by atomic mass is 16.3. The third-order valence-corrected chi connectivity index (χ3v) is 3.42. The number of hydrogen-bond donors (Lipinski definition) is 1. The van der Waals surface area contributed by atoms with Gasteiger partial charge in [-0.05, 0) is 30.5 Å². The van der Waals surface area contributed by atoms with Gasteiger partial charge in [-0.25, -0.2) is 0 Å². The summed E-state index contributed by atoms with van der Waals surface area (Å²) >= 11 is 0. The Morgan fingerprint density at radius 3 is 2.44 bits per heavy atom. The summed E-state index contributed by atoms with van der Waals surface area (Å²) in [6.07, 6.45) is 4.41. The van der Waals surface area contributed by atoms with E-state index in [1.807, 2.05) is 18.3 Å². The minimum Gasteiger partial charge on any atom is -0.395 e. The SMILES string of the molecule is Cc1ccc(CC(C)(CO)c2cccnc2)cc1. The third-order valence-electron chi connectivity index (χ3n) is 3.42. The number of nitrogens with zero attached hydrogens (tertiary/aromatic N) is 1. The molecule has 1 unspecified atom stereocenters. The lowest BCUT2D eigenvalue weighted by molar-refractivity contribution is 0.204. The number of aromatic nitrogens is 1. The number of benzene rings is 1. The van der Waals surface area contributed by atoms with Crippen molar-refractivity contribution in [3.63, 3.8) is 0 Å². The molecule has 2 rings (SSSR count). The minimum absolute atomic E-state index is 0.118. The quantitative estimate of drug-likeness (QED) is 0.893. The van der Waals surface area contributed by atoms with Crippen LogP contribution in [0.1, 0.15) is 23.6 Å². The van der Waals surface area contributed by atoms with Crippen LogP contribution in [0.15, 0.2) is 48.8 Å². The van der Waals surface area contributed by atoms with Crippen LogP contribution in [0.4, 0.5) is 0 Å². The normalized spacial score (nSPS) is 14.2. The van der Waals surface area contributed by atoms with Crippen LogP contribution < -0.4 is 0 Å². The molecule has 18 heavy (non-hydrogen) atoms. The number of aryl methyl sites for hydroxylation is 1. The molecule has 2 nitrogen and oxygen atoms in total. The van der Waals surface area contributed by atoms with Crippen LogP contribution in [0.2, 0.25) is 0 Å². The Bertz CT molecular complexity index is 492. The summed E-state index contributed by atoms with van der Waals surface area (Å²) in [5.41, 5.74) is 3.30. The largest absolute Gasteiger partial charge is 0.395 e. The predicted molar refractivity (Wildman–Crippen MR) is 73.6 cm³/mol. The smallest absolute Gasteiger partial charge is 0.0529 e. The second-order valence-corrected chi connectivity index (χ2v) is 5.12. The lowest BCUT2D eigenvalue weighted by Crippen LogP contribution is -2.29. The van der Waals surface area contributed by atoms with Gasteiger partial charge in [0.15, 0.2) is 0 Å². The molecule has 0 saturated heterocycles. The molecule has 0 aliphatic rings. The van der Waals surface area contributed by atoms with E-state index in [4.69, 9.17) is 0 Å². The maximum Gasteiger partial charge on any atom is 0.0529 e. The lowest BCUT2D eigenvalue weighted by Gasteiger charge is -2.27. The highest BCUT2D eigenvalue weighted by Gasteiger charge is 2.26. The molecule has 1 aromatic carbocycles. The summed E-state index contributed by atoms with van der Waals surface area (Å²) in [7, 11) is 0. The first-order chi connectivity index (χ1) is 8.64. The van der Waals surface area contributed by atoms with Crippen LogP contribution in [-0.2, 0) is 11.8 Å². The number of pyridine rings is 1.